The Morgan fingerprint density at radius 2 is 1.82 bits per heavy atom. The van der Waals surface area contributed by atoms with Crippen LogP contribution in [0.15, 0.2) is 21.6 Å². The molecule has 1 saturated heterocycles. The van der Waals surface area contributed by atoms with Crippen LogP contribution in [-0.2, 0) is 26.8 Å². The number of benzene rings is 1. The SMILES string of the molecule is COc1cc(C)c(S(=O)(=O)Cc2noc(CC(=O)NC3CCC(N4CCN(C)CC4)CC3(C)C)n2)c(C)c1. The summed E-state index contributed by atoms with van der Waals surface area (Å²) in [6, 6.07) is 3.98. The Kier molecular flexibility index (Phi) is 8.49. The van der Waals surface area contributed by atoms with Crippen molar-refractivity contribution in [3.63, 3.8) is 0 Å². The van der Waals surface area contributed by atoms with E-state index in [-0.39, 0.29) is 40.4 Å². The lowest BCUT2D eigenvalue weighted by Gasteiger charge is -2.48. The average molecular weight is 548 g/mol. The van der Waals surface area contributed by atoms with Gasteiger partial charge in [0.15, 0.2) is 15.7 Å². The zero-order valence-electron chi connectivity index (χ0n) is 23.4. The first-order chi connectivity index (χ1) is 17.9. The Morgan fingerprint density at radius 1 is 1.16 bits per heavy atom. The number of nitrogens with one attached hydrogen (secondary N) is 1. The van der Waals surface area contributed by atoms with Crippen LogP contribution < -0.4 is 10.1 Å². The fourth-order valence-electron chi connectivity index (χ4n) is 5.93. The van der Waals surface area contributed by atoms with Gasteiger partial charge in [-0.15, -0.1) is 0 Å². The number of ether oxygens (including phenoxy) is 1. The molecule has 1 saturated carbocycles. The van der Waals surface area contributed by atoms with E-state index in [1.165, 1.54) is 0 Å². The van der Waals surface area contributed by atoms with E-state index in [4.69, 9.17) is 9.26 Å². The molecule has 2 heterocycles. The zero-order valence-corrected chi connectivity index (χ0v) is 24.2. The number of methoxy groups -OCH3 is 1. The summed E-state index contributed by atoms with van der Waals surface area (Å²) in [5, 5.41) is 7.01. The van der Waals surface area contributed by atoms with Crippen molar-refractivity contribution in [3.8, 4) is 5.75 Å². The third-order valence-corrected chi connectivity index (χ3v) is 9.91. The van der Waals surface area contributed by atoms with E-state index in [0.29, 0.717) is 22.9 Å². The lowest BCUT2D eigenvalue weighted by Crippen LogP contribution is -2.56. The molecule has 1 aliphatic carbocycles. The molecule has 11 heteroatoms. The fraction of sp³-hybridized carbons (Fsp3) is 0.667. The summed E-state index contributed by atoms with van der Waals surface area (Å²) in [4.78, 5) is 22.3. The van der Waals surface area contributed by atoms with E-state index in [0.717, 1.165) is 45.4 Å². The number of hydrogen-bond acceptors (Lipinski definition) is 9. The van der Waals surface area contributed by atoms with Gasteiger partial charge in [-0.2, -0.15) is 4.98 Å². The zero-order chi connectivity index (χ0) is 27.7. The number of rotatable bonds is 8. The van der Waals surface area contributed by atoms with Crippen LogP contribution in [0.5, 0.6) is 5.75 Å². The summed E-state index contributed by atoms with van der Waals surface area (Å²) < 4.78 is 36.7. The van der Waals surface area contributed by atoms with Gasteiger partial charge in [-0.1, -0.05) is 19.0 Å². The molecule has 2 aliphatic rings. The monoisotopic (exact) mass is 547 g/mol. The van der Waals surface area contributed by atoms with E-state index < -0.39 is 15.6 Å². The predicted molar refractivity (Wildman–Crippen MR) is 144 cm³/mol. The molecule has 2 atom stereocenters. The average Bonchev–Trinajstić information content (AvgIpc) is 3.25. The first-order valence-electron chi connectivity index (χ1n) is 13.3. The smallest absolute Gasteiger partial charge is 0.236 e. The molecule has 38 heavy (non-hydrogen) atoms. The topological polar surface area (TPSA) is 118 Å². The van der Waals surface area contributed by atoms with Gasteiger partial charge >= 0.3 is 0 Å². The van der Waals surface area contributed by atoms with E-state index in [2.05, 4.69) is 46.2 Å². The van der Waals surface area contributed by atoms with Crippen LogP contribution in [0.3, 0.4) is 0 Å². The quantitative estimate of drug-likeness (QED) is 0.532. The molecule has 1 N–H and O–H groups in total. The van der Waals surface area contributed by atoms with E-state index >= 15 is 0 Å². The van der Waals surface area contributed by atoms with Crippen molar-refractivity contribution < 1.29 is 22.5 Å². The van der Waals surface area contributed by atoms with Crippen LogP contribution in [0.1, 0.15) is 56.0 Å². The summed E-state index contributed by atoms with van der Waals surface area (Å²) in [6.45, 7) is 12.3. The molecular formula is C27H41N5O5S. The highest BCUT2D eigenvalue weighted by atomic mass is 32.2. The molecule has 2 fully saturated rings. The van der Waals surface area contributed by atoms with Crippen LogP contribution in [0.25, 0.3) is 0 Å². The second kappa shape index (κ2) is 11.3. The minimum Gasteiger partial charge on any atom is -0.497 e. The van der Waals surface area contributed by atoms with Crippen molar-refractivity contribution in [2.75, 3.05) is 40.3 Å². The molecule has 0 spiro atoms. The van der Waals surface area contributed by atoms with Gasteiger partial charge < -0.3 is 19.5 Å². The predicted octanol–water partition coefficient (Wildman–Crippen LogP) is 2.52. The standard InChI is InChI=1S/C27H41N5O5S/c1-18-13-21(36-6)14-19(2)26(18)38(34,35)17-23-29-25(37-30-23)15-24(33)28-22-8-7-20(16-27(22,3)4)32-11-9-31(5)10-12-32/h13-14,20,22H,7-12,15-17H2,1-6H3,(H,28,33). The largest absolute Gasteiger partial charge is 0.497 e. The summed E-state index contributed by atoms with van der Waals surface area (Å²) in [7, 11) is -0.00832. The highest BCUT2D eigenvalue weighted by Crippen LogP contribution is 2.38. The van der Waals surface area contributed by atoms with Gasteiger partial charge in [-0.3, -0.25) is 9.69 Å². The third kappa shape index (κ3) is 6.55. The number of carbonyl (C=O) groups is 1. The van der Waals surface area contributed by atoms with Crippen molar-refractivity contribution in [2.24, 2.45) is 5.41 Å². The molecule has 1 aromatic heterocycles. The molecule has 0 radical (unpaired) electrons. The van der Waals surface area contributed by atoms with Crippen LogP contribution in [0.4, 0.5) is 0 Å². The number of likely N-dealkylation sites (N-methyl/N-ethyl adjacent to an activating group) is 1. The minimum atomic E-state index is -3.72. The third-order valence-electron chi connectivity index (χ3n) is 8.00. The number of hydrogen-bond donors (Lipinski definition) is 1. The maximum atomic E-state index is 13.1. The molecule has 1 amide bonds. The molecule has 4 rings (SSSR count). The molecule has 10 nitrogen and oxygen atoms in total. The lowest BCUT2D eigenvalue weighted by molar-refractivity contribution is -0.123. The molecule has 0 bridgehead atoms. The van der Waals surface area contributed by atoms with Crippen molar-refractivity contribution in [3.05, 3.63) is 35.0 Å². The Hall–Kier alpha value is -2.50. The number of piperazine rings is 1. The molecule has 2 aromatic rings. The number of aromatic nitrogens is 2. The van der Waals surface area contributed by atoms with Crippen molar-refractivity contribution in [2.45, 2.75) is 76.1 Å². The Balaban J connectivity index is 1.34. The number of aryl methyl sites for hydroxylation is 2. The van der Waals surface area contributed by atoms with Gasteiger partial charge in [0.1, 0.15) is 17.9 Å². The second-order valence-corrected chi connectivity index (χ2v) is 13.4. The molecule has 1 aromatic carbocycles. The van der Waals surface area contributed by atoms with Gasteiger partial charge in [-0.25, -0.2) is 8.42 Å². The van der Waals surface area contributed by atoms with Gasteiger partial charge in [0, 0.05) is 38.3 Å². The number of nitrogens with zero attached hydrogens (tertiary/aromatic N) is 4. The van der Waals surface area contributed by atoms with Gasteiger partial charge in [0.05, 0.1) is 12.0 Å². The summed E-state index contributed by atoms with van der Waals surface area (Å²) in [6.07, 6.45) is 2.94. The Labute approximate surface area is 226 Å². The van der Waals surface area contributed by atoms with Crippen molar-refractivity contribution in [1.29, 1.82) is 0 Å². The molecular weight excluding hydrogens is 506 g/mol. The normalized spacial score (nSPS) is 22.8. The molecule has 1 aliphatic heterocycles. The molecule has 2 unspecified atom stereocenters. The van der Waals surface area contributed by atoms with E-state index in [9.17, 15) is 13.2 Å². The van der Waals surface area contributed by atoms with E-state index in [1.807, 2.05) is 0 Å². The van der Waals surface area contributed by atoms with Crippen LogP contribution in [0, 0.1) is 19.3 Å². The van der Waals surface area contributed by atoms with Crippen LogP contribution >= 0.6 is 0 Å². The lowest BCUT2D eigenvalue weighted by atomic mass is 9.70. The van der Waals surface area contributed by atoms with Crippen LogP contribution in [-0.4, -0.2) is 86.7 Å². The summed E-state index contributed by atoms with van der Waals surface area (Å²) >= 11 is 0. The fourth-order valence-corrected chi connectivity index (χ4v) is 7.63. The van der Waals surface area contributed by atoms with E-state index in [1.54, 1.807) is 33.1 Å². The summed E-state index contributed by atoms with van der Waals surface area (Å²) in [5.41, 5.74) is 1.15. The highest BCUT2D eigenvalue weighted by Gasteiger charge is 2.40. The Morgan fingerprint density at radius 3 is 2.42 bits per heavy atom. The maximum absolute atomic E-state index is 13.1. The number of carbonyl (C=O) groups excluding carboxylic acids is 1. The van der Waals surface area contributed by atoms with Crippen molar-refractivity contribution in [1.82, 2.24) is 25.3 Å². The maximum Gasteiger partial charge on any atom is 0.236 e. The minimum absolute atomic E-state index is 0.0374. The molecule has 210 valence electrons. The van der Waals surface area contributed by atoms with Crippen molar-refractivity contribution >= 4 is 15.7 Å². The van der Waals surface area contributed by atoms with Crippen LogP contribution in [0.2, 0.25) is 0 Å². The first-order valence-corrected chi connectivity index (χ1v) is 14.9. The van der Waals surface area contributed by atoms with Gasteiger partial charge in [0.2, 0.25) is 11.8 Å². The Bertz CT molecular complexity index is 1230. The first kappa shape index (κ1) is 28.5. The second-order valence-electron chi connectivity index (χ2n) is 11.5. The van der Waals surface area contributed by atoms with Gasteiger partial charge in [-0.05, 0) is 68.8 Å². The van der Waals surface area contributed by atoms with Gasteiger partial charge in [0.25, 0.3) is 0 Å². The number of sulfone groups is 1. The summed E-state index contributed by atoms with van der Waals surface area (Å²) in [5.74, 6) is 0.147. The highest BCUT2D eigenvalue weighted by molar-refractivity contribution is 7.90. The number of amides is 1.